The minimum atomic E-state index is -0.487. The van der Waals surface area contributed by atoms with Gasteiger partial charge < -0.3 is 14.5 Å². The lowest BCUT2D eigenvalue weighted by Crippen LogP contribution is -2.38. The number of fused-ring (bicyclic) bond motifs is 1. The number of thioether (sulfide) groups is 1. The van der Waals surface area contributed by atoms with Crippen molar-refractivity contribution in [2.24, 2.45) is 4.99 Å². The molecule has 0 radical (unpaired) electrons. The van der Waals surface area contributed by atoms with Crippen molar-refractivity contribution < 1.29 is 14.3 Å². The number of benzene rings is 2. The molecule has 0 fully saturated rings. The Morgan fingerprint density at radius 1 is 1.18 bits per heavy atom. The number of carbonyl (C=O) groups excluding carboxylic acids is 2. The number of hydrogen-bond acceptors (Lipinski definition) is 6. The Balaban J connectivity index is 1.64. The standard InChI is InChI=1S/C26H26ClN3O3S/c1-4-33-25(32)23-17(2)28-26-30(24(23)19-11-8-12-20(27)13-19)21(16-34-26)14-22(31)29(3)15-18-9-6-5-7-10-18/h5-13,16,24H,4,14-15H2,1-3H3. The number of nitrogens with zero attached hydrogens (tertiary/aromatic N) is 3. The topological polar surface area (TPSA) is 62.2 Å². The second kappa shape index (κ2) is 10.5. The van der Waals surface area contributed by atoms with E-state index in [0.717, 1.165) is 22.0 Å². The first-order valence-electron chi connectivity index (χ1n) is 11.0. The zero-order valence-electron chi connectivity index (χ0n) is 19.3. The van der Waals surface area contributed by atoms with E-state index in [1.807, 2.05) is 65.8 Å². The molecule has 176 valence electrons. The molecule has 0 saturated carbocycles. The van der Waals surface area contributed by atoms with E-state index < -0.39 is 12.0 Å². The molecular weight excluding hydrogens is 470 g/mol. The molecule has 0 saturated heterocycles. The monoisotopic (exact) mass is 495 g/mol. The molecule has 2 aromatic carbocycles. The Labute approximate surface area is 208 Å². The summed E-state index contributed by atoms with van der Waals surface area (Å²) >= 11 is 7.76. The molecule has 6 nitrogen and oxygen atoms in total. The Morgan fingerprint density at radius 3 is 2.65 bits per heavy atom. The van der Waals surface area contributed by atoms with Crippen LogP contribution in [0.25, 0.3) is 0 Å². The van der Waals surface area contributed by atoms with Crippen molar-refractivity contribution in [1.82, 2.24) is 9.80 Å². The fourth-order valence-electron chi connectivity index (χ4n) is 4.07. The molecule has 2 aromatic rings. The second-order valence-electron chi connectivity index (χ2n) is 8.08. The summed E-state index contributed by atoms with van der Waals surface area (Å²) in [6.45, 7) is 4.37. The van der Waals surface area contributed by atoms with Gasteiger partial charge in [-0.05, 0) is 42.5 Å². The maximum Gasteiger partial charge on any atom is 0.338 e. The van der Waals surface area contributed by atoms with Gasteiger partial charge >= 0.3 is 5.97 Å². The van der Waals surface area contributed by atoms with Crippen molar-refractivity contribution in [2.75, 3.05) is 13.7 Å². The summed E-state index contributed by atoms with van der Waals surface area (Å²) in [5, 5.41) is 3.23. The van der Waals surface area contributed by atoms with Crippen molar-refractivity contribution in [3.63, 3.8) is 0 Å². The first-order chi connectivity index (χ1) is 16.4. The van der Waals surface area contributed by atoms with E-state index >= 15 is 0 Å². The number of halogens is 1. The summed E-state index contributed by atoms with van der Waals surface area (Å²) in [6, 6.07) is 16.8. The van der Waals surface area contributed by atoms with Crippen LogP contribution in [-0.2, 0) is 20.9 Å². The molecule has 0 aromatic heterocycles. The average Bonchev–Trinajstić information content (AvgIpc) is 3.20. The molecule has 0 N–H and O–H groups in total. The second-order valence-corrected chi connectivity index (χ2v) is 9.35. The fraction of sp³-hybridized carbons (Fsp3) is 0.269. The van der Waals surface area contributed by atoms with Gasteiger partial charge in [0.2, 0.25) is 5.91 Å². The lowest BCUT2D eigenvalue weighted by Gasteiger charge is -2.36. The minimum Gasteiger partial charge on any atom is -0.463 e. The normalized spacial score (nSPS) is 17.2. The van der Waals surface area contributed by atoms with E-state index in [1.165, 1.54) is 11.8 Å². The van der Waals surface area contributed by atoms with Crippen LogP contribution < -0.4 is 0 Å². The molecule has 34 heavy (non-hydrogen) atoms. The van der Waals surface area contributed by atoms with Gasteiger partial charge in [0.25, 0.3) is 0 Å². The first-order valence-corrected chi connectivity index (χ1v) is 12.3. The van der Waals surface area contributed by atoms with Crippen molar-refractivity contribution in [1.29, 1.82) is 0 Å². The highest BCUT2D eigenvalue weighted by Gasteiger charge is 2.41. The summed E-state index contributed by atoms with van der Waals surface area (Å²) in [7, 11) is 1.80. The van der Waals surface area contributed by atoms with Crippen molar-refractivity contribution >= 4 is 40.4 Å². The van der Waals surface area contributed by atoms with E-state index in [2.05, 4.69) is 4.99 Å². The van der Waals surface area contributed by atoms with Gasteiger partial charge in [0.15, 0.2) is 5.17 Å². The van der Waals surface area contributed by atoms with E-state index in [-0.39, 0.29) is 18.9 Å². The molecule has 1 unspecified atom stereocenters. The first kappa shape index (κ1) is 24.1. The van der Waals surface area contributed by atoms with E-state index in [9.17, 15) is 9.59 Å². The number of aliphatic imine (C=N–C) groups is 1. The third kappa shape index (κ3) is 5.05. The third-order valence-electron chi connectivity index (χ3n) is 5.68. The zero-order valence-corrected chi connectivity index (χ0v) is 20.9. The van der Waals surface area contributed by atoms with Gasteiger partial charge in [-0.25, -0.2) is 9.79 Å². The van der Waals surface area contributed by atoms with Gasteiger partial charge in [0, 0.05) is 24.3 Å². The molecule has 2 aliphatic rings. The zero-order chi connectivity index (χ0) is 24.2. The van der Waals surface area contributed by atoms with Gasteiger partial charge in [-0.2, -0.15) is 0 Å². The number of amidine groups is 1. The summed E-state index contributed by atoms with van der Waals surface area (Å²) < 4.78 is 5.38. The largest absolute Gasteiger partial charge is 0.463 e. The van der Waals surface area contributed by atoms with Gasteiger partial charge in [0.1, 0.15) is 0 Å². The van der Waals surface area contributed by atoms with Crippen molar-refractivity contribution in [3.05, 3.63) is 93.1 Å². The predicted molar refractivity (Wildman–Crippen MR) is 136 cm³/mol. The van der Waals surface area contributed by atoms with Gasteiger partial charge in [-0.3, -0.25) is 4.79 Å². The van der Waals surface area contributed by atoms with E-state index in [1.54, 1.807) is 24.9 Å². The number of amides is 1. The molecule has 0 bridgehead atoms. The Morgan fingerprint density at radius 2 is 1.94 bits per heavy atom. The summed E-state index contributed by atoms with van der Waals surface area (Å²) in [4.78, 5) is 34.5. The highest BCUT2D eigenvalue weighted by atomic mass is 35.5. The van der Waals surface area contributed by atoms with Crippen LogP contribution in [0.2, 0.25) is 5.02 Å². The van der Waals surface area contributed by atoms with Crippen LogP contribution >= 0.6 is 23.4 Å². The minimum absolute atomic E-state index is 0.0224. The third-order valence-corrected chi connectivity index (χ3v) is 6.80. The summed E-state index contributed by atoms with van der Waals surface area (Å²) in [6.07, 6.45) is 0.182. The number of esters is 1. The van der Waals surface area contributed by atoms with Crippen LogP contribution in [0.5, 0.6) is 0 Å². The van der Waals surface area contributed by atoms with Gasteiger partial charge in [0.05, 0.1) is 30.3 Å². The molecule has 1 atom stereocenters. The Hall–Kier alpha value is -3.03. The molecule has 8 heteroatoms. The maximum absolute atomic E-state index is 13.1. The Bertz CT molecular complexity index is 1190. The maximum atomic E-state index is 13.1. The number of rotatable bonds is 7. The molecule has 2 aliphatic heterocycles. The molecular formula is C26H26ClN3O3S. The van der Waals surface area contributed by atoms with Crippen LogP contribution in [0.15, 0.2) is 82.0 Å². The average molecular weight is 496 g/mol. The number of ether oxygens (including phenoxy) is 1. The molecule has 2 heterocycles. The molecule has 0 aliphatic carbocycles. The quantitative estimate of drug-likeness (QED) is 0.473. The number of carbonyl (C=O) groups is 2. The smallest absolute Gasteiger partial charge is 0.338 e. The van der Waals surface area contributed by atoms with Gasteiger partial charge in [-0.1, -0.05) is 65.8 Å². The van der Waals surface area contributed by atoms with Crippen LogP contribution in [0.3, 0.4) is 0 Å². The highest BCUT2D eigenvalue weighted by molar-refractivity contribution is 8.16. The Kier molecular flexibility index (Phi) is 7.44. The van der Waals surface area contributed by atoms with E-state index in [0.29, 0.717) is 22.8 Å². The highest BCUT2D eigenvalue weighted by Crippen LogP contribution is 2.45. The fourth-order valence-corrected chi connectivity index (χ4v) is 5.23. The summed E-state index contributed by atoms with van der Waals surface area (Å²) in [5.74, 6) is -0.442. The molecule has 1 amide bonds. The van der Waals surface area contributed by atoms with Crippen molar-refractivity contribution in [3.8, 4) is 0 Å². The van der Waals surface area contributed by atoms with E-state index in [4.69, 9.17) is 16.3 Å². The van der Waals surface area contributed by atoms with Gasteiger partial charge in [-0.15, -0.1) is 0 Å². The molecule has 4 rings (SSSR count). The number of hydrogen-bond donors (Lipinski definition) is 0. The van der Waals surface area contributed by atoms with Crippen LogP contribution in [-0.4, -0.2) is 40.5 Å². The molecule has 0 spiro atoms. The SMILES string of the molecule is CCOC(=O)C1=C(C)N=C2SC=C(CC(=O)N(C)Cc3ccccc3)N2C1c1cccc(Cl)c1. The van der Waals surface area contributed by atoms with Crippen LogP contribution in [0.4, 0.5) is 0 Å². The van der Waals surface area contributed by atoms with Crippen molar-refractivity contribution in [2.45, 2.75) is 32.9 Å². The summed E-state index contributed by atoms with van der Waals surface area (Å²) in [5.41, 5.74) is 3.73. The number of allylic oxidation sites excluding steroid dienone is 1. The lowest BCUT2D eigenvalue weighted by atomic mass is 9.94. The lowest BCUT2D eigenvalue weighted by molar-refractivity contribution is -0.139. The predicted octanol–water partition coefficient (Wildman–Crippen LogP) is 5.53. The van der Waals surface area contributed by atoms with Crippen LogP contribution in [0.1, 0.15) is 37.4 Å². The van der Waals surface area contributed by atoms with Crippen LogP contribution in [0, 0.1) is 0 Å².